The van der Waals surface area contributed by atoms with E-state index in [2.05, 4.69) is 0 Å². The lowest BCUT2D eigenvalue weighted by Crippen LogP contribution is -2.34. The molecule has 100 valence electrons. The van der Waals surface area contributed by atoms with Crippen LogP contribution in [0.2, 0.25) is 0 Å². The number of hydrogen-bond acceptors (Lipinski definition) is 3. The molecule has 4 heteroatoms. The number of rotatable bonds is 6. The summed E-state index contributed by atoms with van der Waals surface area (Å²) in [5.74, 6) is 0.356. The average molecular weight is 252 g/mol. The van der Waals surface area contributed by atoms with Crippen LogP contribution in [0, 0.1) is 0 Å². The van der Waals surface area contributed by atoms with Crippen molar-refractivity contribution in [1.82, 2.24) is 0 Å². The van der Waals surface area contributed by atoms with Crippen molar-refractivity contribution >= 4 is 5.97 Å². The number of benzene rings is 1. The normalized spacial score (nSPS) is 11.1. The van der Waals surface area contributed by atoms with Gasteiger partial charge in [-0.25, -0.2) is 0 Å². The fourth-order valence-electron chi connectivity index (χ4n) is 2.22. The highest BCUT2D eigenvalue weighted by Crippen LogP contribution is 2.37. The molecule has 0 saturated carbocycles. The molecule has 0 unspecified atom stereocenters. The minimum atomic E-state index is -0.862. The van der Waals surface area contributed by atoms with Crippen molar-refractivity contribution in [1.29, 1.82) is 0 Å². The summed E-state index contributed by atoms with van der Waals surface area (Å²) in [5, 5.41) is 9.50. The van der Waals surface area contributed by atoms with Crippen molar-refractivity contribution in [3.63, 3.8) is 0 Å². The Morgan fingerprint density at radius 3 is 2.11 bits per heavy atom. The molecule has 0 fully saturated rings. The Labute approximate surface area is 108 Å². The molecule has 0 spiro atoms. The predicted molar refractivity (Wildman–Crippen MR) is 69.4 cm³/mol. The third-order valence-corrected chi connectivity index (χ3v) is 3.55. The zero-order valence-corrected chi connectivity index (χ0v) is 11.3. The molecule has 18 heavy (non-hydrogen) atoms. The molecule has 0 radical (unpaired) electrons. The van der Waals surface area contributed by atoms with Crippen molar-refractivity contribution in [3.05, 3.63) is 23.8 Å². The summed E-state index contributed by atoms with van der Waals surface area (Å²) in [6.07, 6.45) is 1.07. The van der Waals surface area contributed by atoms with E-state index in [0.717, 1.165) is 5.56 Å². The lowest BCUT2D eigenvalue weighted by molar-refractivity contribution is -0.144. The molecule has 1 aromatic rings. The highest BCUT2D eigenvalue weighted by Gasteiger charge is 2.37. The van der Waals surface area contributed by atoms with Crippen molar-refractivity contribution in [2.75, 3.05) is 14.2 Å². The summed E-state index contributed by atoms with van der Waals surface area (Å²) in [6.45, 7) is 3.77. The van der Waals surface area contributed by atoms with E-state index in [1.165, 1.54) is 0 Å². The first-order valence-electron chi connectivity index (χ1n) is 6.01. The highest BCUT2D eigenvalue weighted by atomic mass is 16.5. The average Bonchev–Trinajstić information content (AvgIpc) is 2.40. The van der Waals surface area contributed by atoms with Crippen LogP contribution < -0.4 is 9.47 Å². The molecule has 0 atom stereocenters. The van der Waals surface area contributed by atoms with Crippen LogP contribution in [-0.4, -0.2) is 25.3 Å². The van der Waals surface area contributed by atoms with Gasteiger partial charge in [0, 0.05) is 0 Å². The second-order valence-corrected chi connectivity index (χ2v) is 4.16. The molecule has 0 aliphatic carbocycles. The molecule has 1 rings (SSSR count). The molecule has 1 aromatic carbocycles. The van der Waals surface area contributed by atoms with Crippen LogP contribution in [0.5, 0.6) is 11.5 Å². The molecular formula is C14H20O4. The van der Waals surface area contributed by atoms with Crippen LogP contribution >= 0.6 is 0 Å². The van der Waals surface area contributed by atoms with E-state index in [1.54, 1.807) is 32.4 Å². The van der Waals surface area contributed by atoms with Crippen LogP contribution in [0.25, 0.3) is 0 Å². The van der Waals surface area contributed by atoms with Gasteiger partial charge in [0.1, 0.15) is 0 Å². The number of carboxylic acids is 1. The van der Waals surface area contributed by atoms with E-state index in [4.69, 9.17) is 9.47 Å². The smallest absolute Gasteiger partial charge is 0.314 e. The van der Waals surface area contributed by atoms with Crippen LogP contribution in [0.3, 0.4) is 0 Å². The first kappa shape index (κ1) is 14.4. The van der Waals surface area contributed by atoms with Gasteiger partial charge in [-0.3, -0.25) is 4.79 Å². The van der Waals surface area contributed by atoms with Crippen LogP contribution in [-0.2, 0) is 10.2 Å². The third-order valence-electron chi connectivity index (χ3n) is 3.55. The van der Waals surface area contributed by atoms with Crippen LogP contribution in [0.4, 0.5) is 0 Å². The standard InChI is InChI=1S/C14H20O4/c1-5-14(6-2,13(15)16)10-7-8-11(17-3)12(9-10)18-4/h7-9H,5-6H2,1-4H3,(H,15,16). The minimum absolute atomic E-state index is 0.536. The Morgan fingerprint density at radius 2 is 1.72 bits per heavy atom. The number of carboxylic acid groups (broad SMARTS) is 1. The lowest BCUT2D eigenvalue weighted by Gasteiger charge is -2.27. The van der Waals surface area contributed by atoms with E-state index >= 15 is 0 Å². The summed E-state index contributed by atoms with van der Waals surface area (Å²) in [4.78, 5) is 11.6. The Hall–Kier alpha value is -1.71. The quantitative estimate of drug-likeness (QED) is 0.845. The lowest BCUT2D eigenvalue weighted by atomic mass is 9.76. The van der Waals surface area contributed by atoms with E-state index in [9.17, 15) is 9.90 Å². The number of methoxy groups -OCH3 is 2. The van der Waals surface area contributed by atoms with Gasteiger partial charge in [-0.1, -0.05) is 19.9 Å². The van der Waals surface area contributed by atoms with E-state index in [0.29, 0.717) is 24.3 Å². The fourth-order valence-corrected chi connectivity index (χ4v) is 2.22. The van der Waals surface area contributed by atoms with E-state index in [1.807, 2.05) is 13.8 Å². The van der Waals surface area contributed by atoms with E-state index < -0.39 is 11.4 Å². The van der Waals surface area contributed by atoms with E-state index in [-0.39, 0.29) is 0 Å². The summed E-state index contributed by atoms with van der Waals surface area (Å²) in [6, 6.07) is 5.29. The Balaban J connectivity index is 3.34. The Bertz CT molecular complexity index is 422. The van der Waals surface area contributed by atoms with Gasteiger partial charge in [-0.2, -0.15) is 0 Å². The number of carbonyl (C=O) groups is 1. The molecule has 1 N–H and O–H groups in total. The van der Waals surface area contributed by atoms with Gasteiger partial charge in [0.05, 0.1) is 19.6 Å². The van der Waals surface area contributed by atoms with Gasteiger partial charge in [0.25, 0.3) is 0 Å². The van der Waals surface area contributed by atoms with Gasteiger partial charge in [0.2, 0.25) is 0 Å². The molecule has 0 aliphatic rings. The van der Waals surface area contributed by atoms with Crippen molar-refractivity contribution in [3.8, 4) is 11.5 Å². The Kier molecular flexibility index (Phi) is 4.59. The summed E-state index contributed by atoms with van der Waals surface area (Å²) < 4.78 is 10.4. The second-order valence-electron chi connectivity index (χ2n) is 4.16. The van der Waals surface area contributed by atoms with Crippen molar-refractivity contribution < 1.29 is 19.4 Å². The zero-order valence-electron chi connectivity index (χ0n) is 11.3. The van der Waals surface area contributed by atoms with Gasteiger partial charge in [0.15, 0.2) is 11.5 Å². The first-order valence-corrected chi connectivity index (χ1v) is 6.01. The maximum absolute atomic E-state index is 11.6. The SMILES string of the molecule is CCC(CC)(C(=O)O)c1ccc(OC)c(OC)c1. The second kappa shape index (κ2) is 5.76. The minimum Gasteiger partial charge on any atom is -0.493 e. The number of hydrogen-bond donors (Lipinski definition) is 1. The topological polar surface area (TPSA) is 55.8 Å². The molecule has 0 bridgehead atoms. The van der Waals surface area contributed by atoms with Crippen molar-refractivity contribution in [2.24, 2.45) is 0 Å². The van der Waals surface area contributed by atoms with Crippen LogP contribution in [0.1, 0.15) is 32.3 Å². The largest absolute Gasteiger partial charge is 0.493 e. The van der Waals surface area contributed by atoms with Gasteiger partial charge >= 0.3 is 5.97 Å². The maximum Gasteiger partial charge on any atom is 0.314 e. The highest BCUT2D eigenvalue weighted by molar-refractivity contribution is 5.81. The van der Waals surface area contributed by atoms with Crippen molar-refractivity contribution in [2.45, 2.75) is 32.1 Å². The number of aliphatic carboxylic acids is 1. The molecule has 0 saturated heterocycles. The van der Waals surface area contributed by atoms with Crippen LogP contribution in [0.15, 0.2) is 18.2 Å². The molecule has 4 nitrogen and oxygen atoms in total. The summed E-state index contributed by atoms with van der Waals surface area (Å²) in [5.41, 5.74) is -0.114. The number of ether oxygens (including phenoxy) is 2. The summed E-state index contributed by atoms with van der Waals surface area (Å²) >= 11 is 0. The predicted octanol–water partition coefficient (Wildman–Crippen LogP) is 2.85. The maximum atomic E-state index is 11.6. The molecule has 0 aliphatic heterocycles. The van der Waals surface area contributed by atoms with Gasteiger partial charge in [-0.15, -0.1) is 0 Å². The molecule has 0 heterocycles. The van der Waals surface area contributed by atoms with Gasteiger partial charge < -0.3 is 14.6 Å². The molecule has 0 amide bonds. The molecular weight excluding hydrogens is 232 g/mol. The first-order chi connectivity index (χ1) is 8.55. The Morgan fingerprint density at radius 1 is 1.17 bits per heavy atom. The van der Waals surface area contributed by atoms with Gasteiger partial charge in [-0.05, 0) is 30.5 Å². The zero-order chi connectivity index (χ0) is 13.8. The monoisotopic (exact) mass is 252 g/mol. The molecule has 0 aromatic heterocycles. The summed E-state index contributed by atoms with van der Waals surface area (Å²) in [7, 11) is 3.10. The third kappa shape index (κ3) is 2.28. The fraction of sp³-hybridized carbons (Fsp3) is 0.500.